The number of benzene rings is 1. The van der Waals surface area contributed by atoms with Crippen molar-refractivity contribution in [3.05, 3.63) is 50.7 Å². The second-order valence-electron chi connectivity index (χ2n) is 4.56. The number of phenols is 1. The van der Waals surface area contributed by atoms with Crippen molar-refractivity contribution in [3.8, 4) is 5.75 Å². The number of nitrogens with one attached hydrogen (secondary N) is 1. The maximum absolute atomic E-state index is 9.46. The van der Waals surface area contributed by atoms with E-state index in [0.29, 0.717) is 11.8 Å². The van der Waals surface area contributed by atoms with E-state index in [1.807, 2.05) is 18.2 Å². The van der Waals surface area contributed by atoms with Crippen LogP contribution in [-0.4, -0.2) is 5.11 Å². The highest BCUT2D eigenvalue weighted by Crippen LogP contribution is 2.33. The Morgan fingerprint density at radius 3 is 3.00 bits per heavy atom. The van der Waals surface area contributed by atoms with Crippen molar-refractivity contribution in [3.63, 3.8) is 0 Å². The fourth-order valence-corrected chi connectivity index (χ4v) is 3.52. The Kier molecular flexibility index (Phi) is 3.29. The number of hydrogen-bond donors (Lipinski definition) is 2. The molecule has 1 aliphatic carbocycles. The molecule has 0 saturated carbocycles. The van der Waals surface area contributed by atoms with Crippen LogP contribution in [0.25, 0.3) is 0 Å². The molecule has 94 valence electrons. The van der Waals surface area contributed by atoms with E-state index in [-0.39, 0.29) is 0 Å². The van der Waals surface area contributed by atoms with Gasteiger partial charge < -0.3 is 10.4 Å². The lowest BCUT2D eigenvalue weighted by atomic mass is 10.1. The molecule has 0 radical (unpaired) electrons. The van der Waals surface area contributed by atoms with E-state index in [1.165, 1.54) is 16.0 Å². The summed E-state index contributed by atoms with van der Waals surface area (Å²) in [7, 11) is 0. The van der Waals surface area contributed by atoms with Crippen molar-refractivity contribution in [2.24, 2.45) is 0 Å². The largest absolute Gasteiger partial charge is 0.508 e. The zero-order valence-corrected chi connectivity index (χ0v) is 11.4. The van der Waals surface area contributed by atoms with E-state index in [2.05, 4.69) is 11.4 Å². The number of rotatable bonds is 3. The lowest BCUT2D eigenvalue weighted by Gasteiger charge is -2.13. The van der Waals surface area contributed by atoms with Crippen LogP contribution in [0.4, 0.5) is 0 Å². The van der Waals surface area contributed by atoms with Gasteiger partial charge in [0.2, 0.25) is 0 Å². The van der Waals surface area contributed by atoms with Gasteiger partial charge >= 0.3 is 0 Å². The van der Waals surface area contributed by atoms with Gasteiger partial charge in [0.05, 0.1) is 4.34 Å². The molecule has 0 saturated heterocycles. The summed E-state index contributed by atoms with van der Waals surface area (Å²) in [6.07, 6.45) is 2.13. The van der Waals surface area contributed by atoms with Crippen LogP contribution in [0.3, 0.4) is 0 Å². The molecule has 2 N–H and O–H groups in total. The Balaban J connectivity index is 1.69. The standard InChI is InChI=1S/C14H14ClNOS/c15-14-6-3-11(18-14)8-16-13-5-1-9-7-10(17)2-4-12(9)13/h2-4,6-7,13,16-17H,1,5,8H2. The maximum Gasteiger partial charge on any atom is 0.115 e. The lowest BCUT2D eigenvalue weighted by Crippen LogP contribution is -2.17. The topological polar surface area (TPSA) is 32.3 Å². The van der Waals surface area contributed by atoms with Crippen LogP contribution in [0.15, 0.2) is 30.3 Å². The molecular formula is C14H14ClNOS. The Bertz CT molecular complexity index is 567. The minimum atomic E-state index is 0.361. The van der Waals surface area contributed by atoms with Gasteiger partial charge in [-0.25, -0.2) is 0 Å². The van der Waals surface area contributed by atoms with Crippen molar-refractivity contribution in [2.45, 2.75) is 25.4 Å². The van der Waals surface area contributed by atoms with Crippen LogP contribution in [0, 0.1) is 0 Å². The van der Waals surface area contributed by atoms with Crippen LogP contribution in [0.2, 0.25) is 4.34 Å². The first-order valence-electron chi connectivity index (χ1n) is 6.02. The second-order valence-corrected chi connectivity index (χ2v) is 6.36. The quantitative estimate of drug-likeness (QED) is 0.893. The average molecular weight is 280 g/mol. The summed E-state index contributed by atoms with van der Waals surface area (Å²) < 4.78 is 0.837. The van der Waals surface area contributed by atoms with Gasteiger partial charge in [-0.3, -0.25) is 0 Å². The zero-order valence-electron chi connectivity index (χ0n) is 9.82. The minimum absolute atomic E-state index is 0.361. The molecule has 2 nitrogen and oxygen atoms in total. The number of aromatic hydroxyl groups is 1. The third kappa shape index (κ3) is 2.39. The molecule has 1 unspecified atom stereocenters. The molecule has 2 aromatic rings. The summed E-state index contributed by atoms with van der Waals surface area (Å²) in [6.45, 7) is 0.850. The van der Waals surface area contributed by atoms with Crippen molar-refractivity contribution in [1.82, 2.24) is 5.32 Å². The molecule has 1 aliphatic rings. The molecule has 1 aromatic heterocycles. The molecule has 0 amide bonds. The minimum Gasteiger partial charge on any atom is -0.508 e. The van der Waals surface area contributed by atoms with Crippen molar-refractivity contribution >= 4 is 22.9 Å². The first-order valence-corrected chi connectivity index (χ1v) is 7.21. The predicted octanol–water partition coefficient (Wildman–Crippen LogP) is 3.88. The van der Waals surface area contributed by atoms with Gasteiger partial charge in [-0.05, 0) is 48.2 Å². The van der Waals surface area contributed by atoms with Gasteiger partial charge in [0.25, 0.3) is 0 Å². The number of halogens is 1. The first kappa shape index (κ1) is 12.0. The molecule has 0 bridgehead atoms. The second kappa shape index (κ2) is 4.92. The van der Waals surface area contributed by atoms with Crippen LogP contribution in [-0.2, 0) is 13.0 Å². The number of thiophene rings is 1. The zero-order chi connectivity index (χ0) is 12.5. The molecule has 1 aromatic carbocycles. The van der Waals surface area contributed by atoms with Crippen LogP contribution in [0.1, 0.15) is 28.5 Å². The van der Waals surface area contributed by atoms with Crippen LogP contribution in [0.5, 0.6) is 5.75 Å². The van der Waals surface area contributed by atoms with E-state index in [1.54, 1.807) is 17.4 Å². The highest BCUT2D eigenvalue weighted by Gasteiger charge is 2.22. The molecule has 3 rings (SSSR count). The van der Waals surface area contributed by atoms with Gasteiger partial charge in [-0.15, -0.1) is 11.3 Å². The molecule has 0 fully saturated rings. The van der Waals surface area contributed by atoms with Crippen LogP contribution < -0.4 is 5.32 Å². The van der Waals surface area contributed by atoms with Crippen molar-refractivity contribution in [1.29, 1.82) is 0 Å². The Labute approximate surface area is 115 Å². The number of fused-ring (bicyclic) bond motifs is 1. The van der Waals surface area contributed by atoms with E-state index in [0.717, 1.165) is 23.7 Å². The highest BCUT2D eigenvalue weighted by molar-refractivity contribution is 7.16. The van der Waals surface area contributed by atoms with E-state index in [4.69, 9.17) is 11.6 Å². The summed E-state index contributed by atoms with van der Waals surface area (Å²) in [5, 5.41) is 13.0. The molecule has 0 aliphatic heterocycles. The normalized spacial score (nSPS) is 17.9. The highest BCUT2D eigenvalue weighted by atomic mass is 35.5. The SMILES string of the molecule is Oc1ccc2c(c1)CCC2NCc1ccc(Cl)s1. The number of aryl methyl sites for hydroxylation is 1. The molecule has 1 heterocycles. The van der Waals surface area contributed by atoms with Gasteiger partial charge in [-0.2, -0.15) is 0 Å². The summed E-state index contributed by atoms with van der Waals surface area (Å²) in [5.41, 5.74) is 2.58. The molecule has 4 heteroatoms. The lowest BCUT2D eigenvalue weighted by molar-refractivity contribution is 0.474. The number of hydrogen-bond acceptors (Lipinski definition) is 3. The van der Waals surface area contributed by atoms with Crippen molar-refractivity contribution in [2.75, 3.05) is 0 Å². The molecule has 0 spiro atoms. The molecule has 1 atom stereocenters. The summed E-state index contributed by atoms with van der Waals surface area (Å²) >= 11 is 7.54. The number of phenolic OH excluding ortho intramolecular Hbond substituents is 1. The fourth-order valence-electron chi connectivity index (χ4n) is 2.49. The van der Waals surface area contributed by atoms with Crippen LogP contribution >= 0.6 is 22.9 Å². The first-order chi connectivity index (χ1) is 8.72. The fraction of sp³-hybridized carbons (Fsp3) is 0.286. The third-order valence-corrected chi connectivity index (χ3v) is 4.59. The molecule has 18 heavy (non-hydrogen) atoms. The molecular weight excluding hydrogens is 266 g/mol. The third-order valence-electron chi connectivity index (χ3n) is 3.36. The maximum atomic E-state index is 9.46. The van der Waals surface area contributed by atoms with Gasteiger partial charge in [0, 0.05) is 17.5 Å². The Morgan fingerprint density at radius 2 is 2.22 bits per heavy atom. The van der Waals surface area contributed by atoms with Crippen molar-refractivity contribution < 1.29 is 5.11 Å². The van der Waals surface area contributed by atoms with E-state index >= 15 is 0 Å². The summed E-state index contributed by atoms with van der Waals surface area (Å²) in [6, 6.07) is 10.1. The van der Waals surface area contributed by atoms with E-state index in [9.17, 15) is 5.11 Å². The summed E-state index contributed by atoms with van der Waals surface area (Å²) in [4.78, 5) is 1.26. The van der Waals surface area contributed by atoms with Gasteiger partial charge in [0.15, 0.2) is 0 Å². The predicted molar refractivity (Wildman–Crippen MR) is 75.3 cm³/mol. The monoisotopic (exact) mass is 279 g/mol. The van der Waals surface area contributed by atoms with E-state index < -0.39 is 0 Å². The average Bonchev–Trinajstić information content (AvgIpc) is 2.92. The Morgan fingerprint density at radius 1 is 1.33 bits per heavy atom. The van der Waals surface area contributed by atoms with Gasteiger partial charge in [-0.1, -0.05) is 17.7 Å². The smallest absolute Gasteiger partial charge is 0.115 e. The summed E-state index contributed by atoms with van der Waals surface area (Å²) in [5.74, 6) is 0.361. The Hall–Kier alpha value is -1.03. The van der Waals surface area contributed by atoms with Gasteiger partial charge in [0.1, 0.15) is 5.75 Å².